The second-order valence-corrected chi connectivity index (χ2v) is 9.88. The molecule has 0 saturated carbocycles. The third-order valence-electron chi connectivity index (χ3n) is 6.63. The van der Waals surface area contributed by atoms with E-state index in [4.69, 9.17) is 11.6 Å². The number of nitrogens with zero attached hydrogens (tertiary/aromatic N) is 3. The van der Waals surface area contributed by atoms with Crippen LogP contribution in [0.1, 0.15) is 28.8 Å². The number of halogens is 2. The highest BCUT2D eigenvalue weighted by atomic mass is 35.5. The number of likely N-dealkylation sites (N-methyl/N-ethyl adjacent to an activating group) is 1. The third-order valence-corrected chi connectivity index (χ3v) is 6.94. The van der Waals surface area contributed by atoms with Gasteiger partial charge in [-0.15, -0.1) is 0 Å². The lowest BCUT2D eigenvalue weighted by Gasteiger charge is -2.32. The summed E-state index contributed by atoms with van der Waals surface area (Å²) < 4.78 is 13.2. The van der Waals surface area contributed by atoms with Crippen LogP contribution in [-0.4, -0.2) is 79.9 Å². The summed E-state index contributed by atoms with van der Waals surface area (Å²) in [6, 6.07) is 10.5. The molecule has 2 aromatic rings. The average molecular weight is 540 g/mol. The Balaban J connectivity index is 1.27. The van der Waals surface area contributed by atoms with E-state index in [0.29, 0.717) is 23.4 Å². The number of carbonyl (C=O) groups is 3. The van der Waals surface area contributed by atoms with E-state index in [9.17, 15) is 18.8 Å². The van der Waals surface area contributed by atoms with Crippen molar-refractivity contribution in [2.75, 3.05) is 51.6 Å². The molecule has 2 N–H and O–H groups in total. The molecule has 2 amide bonds. The number of nitrogens with one attached hydrogen (secondary N) is 2. The van der Waals surface area contributed by atoms with Crippen LogP contribution in [0.15, 0.2) is 58.7 Å². The van der Waals surface area contributed by atoms with Gasteiger partial charge in [-0.25, -0.2) is 4.39 Å². The number of piperazine rings is 1. The van der Waals surface area contributed by atoms with Crippen LogP contribution in [0, 0.1) is 5.82 Å². The van der Waals surface area contributed by atoms with Gasteiger partial charge in [0.25, 0.3) is 11.8 Å². The molecule has 2 aliphatic heterocycles. The van der Waals surface area contributed by atoms with Crippen molar-refractivity contribution in [2.24, 2.45) is 4.99 Å². The maximum Gasteiger partial charge on any atom is 0.270 e. The van der Waals surface area contributed by atoms with E-state index in [-0.39, 0.29) is 40.8 Å². The van der Waals surface area contributed by atoms with Crippen LogP contribution < -0.4 is 10.6 Å². The molecule has 0 bridgehead atoms. The van der Waals surface area contributed by atoms with E-state index in [1.165, 1.54) is 12.1 Å². The molecule has 1 saturated heterocycles. The van der Waals surface area contributed by atoms with Crippen LogP contribution in [0.25, 0.3) is 0 Å². The molecule has 10 heteroatoms. The Morgan fingerprint density at radius 2 is 1.76 bits per heavy atom. The Labute approximate surface area is 226 Å². The summed E-state index contributed by atoms with van der Waals surface area (Å²) in [7, 11) is 2.12. The first-order chi connectivity index (χ1) is 18.3. The monoisotopic (exact) mass is 539 g/mol. The van der Waals surface area contributed by atoms with Gasteiger partial charge in [-0.2, -0.15) is 0 Å². The molecule has 2 heterocycles. The van der Waals surface area contributed by atoms with Crippen molar-refractivity contribution < 1.29 is 18.8 Å². The second kappa shape index (κ2) is 12.9. The van der Waals surface area contributed by atoms with Crippen molar-refractivity contribution in [1.82, 2.24) is 15.1 Å². The van der Waals surface area contributed by atoms with Gasteiger partial charge < -0.3 is 20.4 Å². The number of benzene rings is 2. The van der Waals surface area contributed by atoms with Gasteiger partial charge in [0.1, 0.15) is 11.5 Å². The molecule has 1 fully saturated rings. The first-order valence-corrected chi connectivity index (χ1v) is 13.0. The fourth-order valence-electron chi connectivity index (χ4n) is 4.37. The Bertz CT molecular complexity index is 1250. The number of carbonyl (C=O) groups excluding carboxylic acids is 3. The quantitative estimate of drug-likeness (QED) is 0.357. The van der Waals surface area contributed by atoms with Gasteiger partial charge >= 0.3 is 0 Å². The van der Waals surface area contributed by atoms with E-state index in [0.717, 1.165) is 45.2 Å². The number of aliphatic imine (C=N–C) groups is 1. The second-order valence-electron chi connectivity index (χ2n) is 9.47. The maximum atomic E-state index is 13.2. The van der Waals surface area contributed by atoms with Crippen LogP contribution in [0.5, 0.6) is 0 Å². The first-order valence-electron chi connectivity index (χ1n) is 12.6. The van der Waals surface area contributed by atoms with Crippen molar-refractivity contribution >= 4 is 41.1 Å². The minimum atomic E-state index is -0.503. The molecule has 0 atom stereocenters. The normalized spacial score (nSPS) is 16.1. The third kappa shape index (κ3) is 7.34. The van der Waals surface area contributed by atoms with Crippen LogP contribution >= 0.6 is 11.6 Å². The highest BCUT2D eigenvalue weighted by Gasteiger charge is 2.24. The zero-order valence-corrected chi connectivity index (χ0v) is 22.1. The predicted octanol–water partition coefficient (Wildman–Crippen LogP) is 3.33. The zero-order valence-electron chi connectivity index (χ0n) is 21.3. The van der Waals surface area contributed by atoms with Crippen molar-refractivity contribution in [2.45, 2.75) is 19.3 Å². The molecule has 4 rings (SSSR count). The molecule has 0 radical (unpaired) electrons. The summed E-state index contributed by atoms with van der Waals surface area (Å²) >= 11 is 5.99. The van der Waals surface area contributed by atoms with E-state index in [2.05, 4.69) is 32.5 Å². The maximum absolute atomic E-state index is 13.2. The van der Waals surface area contributed by atoms with Crippen LogP contribution in [0.3, 0.4) is 0 Å². The summed E-state index contributed by atoms with van der Waals surface area (Å²) in [5.74, 6) is -1.49. The molecule has 2 aliphatic rings. The minimum Gasteiger partial charge on any atom is -0.351 e. The van der Waals surface area contributed by atoms with Gasteiger partial charge in [-0.1, -0.05) is 23.7 Å². The van der Waals surface area contributed by atoms with Crippen molar-refractivity contribution in [3.63, 3.8) is 0 Å². The van der Waals surface area contributed by atoms with Gasteiger partial charge in [0, 0.05) is 63.0 Å². The van der Waals surface area contributed by atoms with Crippen molar-refractivity contribution in [3.05, 3.63) is 75.7 Å². The summed E-state index contributed by atoms with van der Waals surface area (Å²) in [5.41, 5.74) is 1.95. The standard InChI is InChI=1S/C28H31ClFN5O3/c1-34-13-15-35(16-14-34)12-2-10-32-28(38)26-23(9-11-31-26)27(37)33-21-6-3-19(4-7-21)17-25(36)22-8-5-20(30)18-24(22)29/h3-8,11,18H,2,9-10,12-17H2,1H3,(H,32,38)(H,33,37). The number of hydrogen-bond acceptors (Lipinski definition) is 6. The largest absolute Gasteiger partial charge is 0.351 e. The van der Waals surface area contributed by atoms with Crippen LogP contribution in [0.4, 0.5) is 10.1 Å². The summed E-state index contributed by atoms with van der Waals surface area (Å²) in [5, 5.41) is 5.74. The number of ketones is 1. The predicted molar refractivity (Wildman–Crippen MR) is 146 cm³/mol. The lowest BCUT2D eigenvalue weighted by Crippen LogP contribution is -2.45. The van der Waals surface area contributed by atoms with Gasteiger partial charge in [-0.3, -0.25) is 19.4 Å². The zero-order chi connectivity index (χ0) is 27.1. The molecule has 8 nitrogen and oxygen atoms in total. The van der Waals surface area contributed by atoms with Crippen molar-refractivity contribution in [1.29, 1.82) is 0 Å². The average Bonchev–Trinajstić information content (AvgIpc) is 3.39. The Kier molecular flexibility index (Phi) is 9.38. The van der Waals surface area contributed by atoms with Gasteiger partial charge in [0.2, 0.25) is 0 Å². The Morgan fingerprint density at radius 3 is 2.47 bits per heavy atom. The van der Waals surface area contributed by atoms with Crippen LogP contribution in [-0.2, 0) is 16.0 Å². The molecule has 0 aliphatic carbocycles. The Morgan fingerprint density at radius 1 is 1.03 bits per heavy atom. The van der Waals surface area contributed by atoms with Gasteiger partial charge in [-0.05, 0) is 55.9 Å². The molecular formula is C28H31ClFN5O3. The van der Waals surface area contributed by atoms with Gasteiger partial charge in [0.15, 0.2) is 5.78 Å². The van der Waals surface area contributed by atoms with Crippen LogP contribution in [0.2, 0.25) is 5.02 Å². The topological polar surface area (TPSA) is 94.1 Å². The van der Waals surface area contributed by atoms with E-state index in [1.807, 2.05) is 0 Å². The van der Waals surface area contributed by atoms with Crippen molar-refractivity contribution in [3.8, 4) is 0 Å². The fraction of sp³-hybridized carbons (Fsp3) is 0.357. The molecular weight excluding hydrogens is 509 g/mol. The number of hydrogen-bond donors (Lipinski definition) is 2. The van der Waals surface area contributed by atoms with E-state index in [1.54, 1.807) is 30.5 Å². The number of amides is 2. The lowest BCUT2D eigenvalue weighted by molar-refractivity contribution is -0.118. The highest BCUT2D eigenvalue weighted by molar-refractivity contribution is 6.34. The minimum absolute atomic E-state index is 0.0702. The smallest absolute Gasteiger partial charge is 0.270 e. The number of anilines is 1. The number of rotatable bonds is 10. The summed E-state index contributed by atoms with van der Waals surface area (Å²) in [6.07, 6.45) is 2.75. The van der Waals surface area contributed by atoms with E-state index < -0.39 is 11.7 Å². The SMILES string of the molecule is CN1CCN(CCCNC(=O)C2=C(C(=O)Nc3ccc(CC(=O)c4ccc(F)cc4Cl)cc3)CC=N2)CC1. The lowest BCUT2D eigenvalue weighted by atomic mass is 10.0. The van der Waals surface area contributed by atoms with E-state index >= 15 is 0 Å². The highest BCUT2D eigenvalue weighted by Crippen LogP contribution is 2.21. The molecule has 2 aromatic carbocycles. The summed E-state index contributed by atoms with van der Waals surface area (Å²) in [4.78, 5) is 46.9. The van der Waals surface area contributed by atoms with Gasteiger partial charge in [0.05, 0.1) is 10.6 Å². The molecule has 38 heavy (non-hydrogen) atoms. The molecule has 0 unspecified atom stereocenters. The number of Topliss-reactive ketones (excluding diaryl/α,β-unsaturated/α-hetero) is 1. The fourth-order valence-corrected chi connectivity index (χ4v) is 4.64. The molecule has 0 aromatic heterocycles. The molecule has 0 spiro atoms. The molecule has 200 valence electrons. The summed E-state index contributed by atoms with van der Waals surface area (Å²) in [6.45, 7) is 5.61. The Hall–Kier alpha value is -3.40. The first kappa shape index (κ1) is 27.6.